The maximum absolute atomic E-state index is 12.9. The van der Waals surface area contributed by atoms with Gasteiger partial charge in [-0.3, -0.25) is 4.90 Å². The van der Waals surface area contributed by atoms with Gasteiger partial charge in [0.25, 0.3) is 0 Å². The van der Waals surface area contributed by atoms with Crippen molar-refractivity contribution < 1.29 is 23.0 Å². The summed E-state index contributed by atoms with van der Waals surface area (Å²) in [6.45, 7) is 7.53. The zero-order chi connectivity index (χ0) is 21.7. The fraction of sp³-hybridized carbons (Fsp3) is 0.478. The van der Waals surface area contributed by atoms with Crippen molar-refractivity contribution in [2.75, 3.05) is 44.2 Å². The highest BCUT2D eigenvalue weighted by Gasteiger charge is 2.31. The highest BCUT2D eigenvalue weighted by Crippen LogP contribution is 2.31. The van der Waals surface area contributed by atoms with Crippen molar-refractivity contribution >= 4 is 5.69 Å². The smallest absolute Gasteiger partial charge is 0.416 e. The Morgan fingerprint density at radius 2 is 1.67 bits per heavy atom. The van der Waals surface area contributed by atoms with Gasteiger partial charge in [-0.05, 0) is 41.8 Å². The van der Waals surface area contributed by atoms with Crippen molar-refractivity contribution in [3.63, 3.8) is 0 Å². The Balaban J connectivity index is 1.44. The Morgan fingerprint density at radius 3 is 2.27 bits per heavy atom. The summed E-state index contributed by atoms with van der Waals surface area (Å²) < 4.78 is 44.5. The van der Waals surface area contributed by atoms with Crippen LogP contribution in [0.2, 0.25) is 0 Å². The molecule has 0 amide bonds. The molecule has 1 unspecified atom stereocenters. The molecular weight excluding hydrogens is 393 g/mol. The quantitative estimate of drug-likeness (QED) is 0.718. The fourth-order valence-electron chi connectivity index (χ4n) is 3.56. The van der Waals surface area contributed by atoms with E-state index in [0.29, 0.717) is 44.3 Å². The van der Waals surface area contributed by atoms with E-state index in [2.05, 4.69) is 18.7 Å². The molecule has 2 aromatic rings. The number of rotatable bonds is 7. The van der Waals surface area contributed by atoms with Crippen LogP contribution in [0, 0.1) is 0 Å². The van der Waals surface area contributed by atoms with Crippen molar-refractivity contribution in [1.82, 2.24) is 4.90 Å². The summed E-state index contributed by atoms with van der Waals surface area (Å²) in [5.74, 6) is 1.19. The molecule has 1 aliphatic rings. The molecular formula is C23H29F3N2O2. The Hall–Kier alpha value is -2.25. The van der Waals surface area contributed by atoms with Gasteiger partial charge in [-0.25, -0.2) is 0 Å². The maximum atomic E-state index is 12.9. The molecule has 1 fully saturated rings. The third-order valence-electron chi connectivity index (χ3n) is 5.37. The largest absolute Gasteiger partial charge is 0.491 e. The lowest BCUT2D eigenvalue weighted by molar-refractivity contribution is -0.137. The second-order valence-corrected chi connectivity index (χ2v) is 8.02. The number of anilines is 1. The van der Waals surface area contributed by atoms with Gasteiger partial charge in [-0.1, -0.05) is 32.0 Å². The molecule has 1 heterocycles. The third kappa shape index (κ3) is 6.12. The molecule has 164 valence electrons. The summed E-state index contributed by atoms with van der Waals surface area (Å²) in [5.41, 5.74) is 1.19. The van der Waals surface area contributed by atoms with E-state index in [4.69, 9.17) is 4.74 Å². The van der Waals surface area contributed by atoms with Gasteiger partial charge < -0.3 is 14.7 Å². The van der Waals surface area contributed by atoms with E-state index in [-0.39, 0.29) is 6.61 Å². The number of aliphatic hydroxyl groups is 1. The monoisotopic (exact) mass is 422 g/mol. The minimum atomic E-state index is -4.34. The van der Waals surface area contributed by atoms with Gasteiger partial charge in [0.2, 0.25) is 0 Å². The van der Waals surface area contributed by atoms with Crippen LogP contribution in [0.1, 0.15) is 30.9 Å². The molecule has 1 saturated heterocycles. The lowest BCUT2D eigenvalue weighted by Crippen LogP contribution is -2.49. The van der Waals surface area contributed by atoms with E-state index in [1.807, 2.05) is 29.2 Å². The van der Waals surface area contributed by atoms with Gasteiger partial charge in [0.1, 0.15) is 18.5 Å². The van der Waals surface area contributed by atoms with Crippen molar-refractivity contribution in [2.45, 2.75) is 32.0 Å². The van der Waals surface area contributed by atoms with E-state index in [9.17, 15) is 18.3 Å². The third-order valence-corrected chi connectivity index (χ3v) is 5.37. The number of piperazine rings is 1. The number of alkyl halides is 3. The van der Waals surface area contributed by atoms with Gasteiger partial charge in [-0.2, -0.15) is 13.2 Å². The summed E-state index contributed by atoms with van der Waals surface area (Å²) in [6, 6.07) is 13.3. The summed E-state index contributed by atoms with van der Waals surface area (Å²) >= 11 is 0. The van der Waals surface area contributed by atoms with E-state index in [1.54, 1.807) is 6.07 Å². The molecule has 1 atom stereocenters. The number of hydrogen-bond acceptors (Lipinski definition) is 4. The molecule has 0 aliphatic carbocycles. The maximum Gasteiger partial charge on any atom is 0.416 e. The zero-order valence-corrected chi connectivity index (χ0v) is 17.4. The van der Waals surface area contributed by atoms with Crippen molar-refractivity contribution in [1.29, 1.82) is 0 Å². The lowest BCUT2D eigenvalue weighted by Gasteiger charge is -2.37. The first-order valence-corrected chi connectivity index (χ1v) is 10.3. The Labute approximate surface area is 175 Å². The average molecular weight is 422 g/mol. The SMILES string of the molecule is CC(C)c1ccc(OCC(O)CN2CCN(c3cccc(C(F)(F)F)c3)CC2)cc1. The van der Waals surface area contributed by atoms with Gasteiger partial charge in [0.15, 0.2) is 0 Å². The van der Waals surface area contributed by atoms with Crippen LogP contribution < -0.4 is 9.64 Å². The number of hydrogen-bond donors (Lipinski definition) is 1. The van der Waals surface area contributed by atoms with Gasteiger partial charge >= 0.3 is 6.18 Å². The molecule has 0 aromatic heterocycles. The van der Waals surface area contributed by atoms with Gasteiger partial charge in [-0.15, -0.1) is 0 Å². The van der Waals surface area contributed by atoms with Crippen molar-refractivity contribution in [2.24, 2.45) is 0 Å². The molecule has 0 spiro atoms. The molecule has 0 radical (unpaired) electrons. The van der Waals surface area contributed by atoms with Crippen LogP contribution in [-0.4, -0.2) is 55.4 Å². The second kappa shape index (κ2) is 9.71. The minimum absolute atomic E-state index is 0.203. The first-order valence-electron chi connectivity index (χ1n) is 10.3. The predicted molar refractivity (Wildman–Crippen MR) is 112 cm³/mol. The molecule has 30 heavy (non-hydrogen) atoms. The molecule has 1 N–H and O–H groups in total. The van der Waals surface area contributed by atoms with Crippen LogP contribution >= 0.6 is 0 Å². The highest BCUT2D eigenvalue weighted by atomic mass is 19.4. The first kappa shape index (κ1) is 22.4. The van der Waals surface area contributed by atoms with Crippen molar-refractivity contribution in [3.8, 4) is 5.75 Å². The molecule has 0 saturated carbocycles. The van der Waals surface area contributed by atoms with E-state index < -0.39 is 17.8 Å². The van der Waals surface area contributed by atoms with Crippen molar-refractivity contribution in [3.05, 3.63) is 59.7 Å². The van der Waals surface area contributed by atoms with Crippen LogP contribution in [-0.2, 0) is 6.18 Å². The molecule has 4 nitrogen and oxygen atoms in total. The fourth-order valence-corrected chi connectivity index (χ4v) is 3.56. The molecule has 1 aliphatic heterocycles. The van der Waals surface area contributed by atoms with Crippen LogP contribution in [0.5, 0.6) is 5.75 Å². The van der Waals surface area contributed by atoms with Crippen LogP contribution in [0.4, 0.5) is 18.9 Å². The van der Waals surface area contributed by atoms with E-state index in [1.165, 1.54) is 17.7 Å². The number of β-amino-alcohol motifs (C(OH)–C–C–N with tert-alkyl or cyclic N) is 1. The van der Waals surface area contributed by atoms with Gasteiger partial charge in [0.05, 0.1) is 5.56 Å². The van der Waals surface area contributed by atoms with Gasteiger partial charge in [0, 0.05) is 38.4 Å². The summed E-state index contributed by atoms with van der Waals surface area (Å²) in [5, 5.41) is 10.3. The highest BCUT2D eigenvalue weighted by molar-refractivity contribution is 5.49. The number of benzene rings is 2. The summed E-state index contributed by atoms with van der Waals surface area (Å²) in [4.78, 5) is 4.06. The molecule has 0 bridgehead atoms. The number of ether oxygens (including phenoxy) is 1. The summed E-state index contributed by atoms with van der Waals surface area (Å²) in [7, 11) is 0. The second-order valence-electron chi connectivity index (χ2n) is 8.02. The van der Waals surface area contributed by atoms with E-state index in [0.717, 1.165) is 11.8 Å². The number of nitrogens with zero attached hydrogens (tertiary/aromatic N) is 2. The Bertz CT molecular complexity index is 801. The topological polar surface area (TPSA) is 35.9 Å². The molecule has 3 rings (SSSR count). The number of halogens is 3. The first-order chi connectivity index (χ1) is 14.2. The predicted octanol–water partition coefficient (Wildman–Crippen LogP) is 4.39. The van der Waals surface area contributed by atoms with Crippen LogP contribution in [0.3, 0.4) is 0 Å². The van der Waals surface area contributed by atoms with E-state index >= 15 is 0 Å². The Morgan fingerprint density at radius 1 is 1.00 bits per heavy atom. The standard InChI is InChI=1S/C23H29F3N2O2/c1-17(2)18-6-8-22(9-7-18)30-16-21(29)15-27-10-12-28(13-11-27)20-5-3-4-19(14-20)23(24,25)26/h3-9,14,17,21,29H,10-13,15-16H2,1-2H3. The average Bonchev–Trinajstić information content (AvgIpc) is 2.72. The molecule has 2 aromatic carbocycles. The van der Waals surface area contributed by atoms with Crippen LogP contribution in [0.25, 0.3) is 0 Å². The lowest BCUT2D eigenvalue weighted by atomic mass is 10.0. The normalized spacial score (nSPS) is 16.7. The number of aliphatic hydroxyl groups excluding tert-OH is 1. The Kier molecular flexibility index (Phi) is 7.26. The minimum Gasteiger partial charge on any atom is -0.491 e. The summed E-state index contributed by atoms with van der Waals surface area (Å²) in [6.07, 6.45) is -4.97. The molecule has 7 heteroatoms. The zero-order valence-electron chi connectivity index (χ0n) is 17.4. The van der Waals surface area contributed by atoms with Crippen LogP contribution in [0.15, 0.2) is 48.5 Å².